The van der Waals surface area contributed by atoms with E-state index in [1.165, 1.54) is 12.1 Å². The fraction of sp³-hybridized carbons (Fsp3) is 0.524. The molecule has 3 N–H and O–H groups in total. The molecule has 180 valence electrons. The molecular weight excluding hydrogens is 461 g/mol. The van der Waals surface area contributed by atoms with Gasteiger partial charge >= 0.3 is 0 Å². The summed E-state index contributed by atoms with van der Waals surface area (Å²) < 4.78 is 56.2. The third kappa shape index (κ3) is 6.37. The number of halogens is 3. The number of rotatable bonds is 9. The van der Waals surface area contributed by atoms with Crippen molar-refractivity contribution >= 4 is 27.5 Å². The SMILES string of the molecule is CC(C)c1cc(C(F)F)nc(C(C)C)c1CC(=O)N[SH](N)(=O)c1sc(CN(C)C)cc1F. The van der Waals surface area contributed by atoms with Crippen LogP contribution >= 0.6 is 11.3 Å². The Hall–Kier alpha value is -1.82. The maximum Gasteiger partial charge on any atom is 0.280 e. The van der Waals surface area contributed by atoms with Crippen molar-refractivity contribution in [2.45, 2.75) is 63.1 Å². The molecule has 1 amide bonds. The lowest BCUT2D eigenvalue weighted by Gasteiger charge is -2.23. The van der Waals surface area contributed by atoms with Gasteiger partial charge in [0.2, 0.25) is 5.91 Å². The van der Waals surface area contributed by atoms with Crippen LogP contribution in [0.15, 0.2) is 16.3 Å². The molecule has 2 aromatic rings. The van der Waals surface area contributed by atoms with Crippen molar-refractivity contribution in [2.24, 2.45) is 5.14 Å². The van der Waals surface area contributed by atoms with Crippen LogP contribution in [0.1, 0.15) is 73.3 Å². The Kier molecular flexibility index (Phi) is 8.60. The van der Waals surface area contributed by atoms with E-state index < -0.39 is 28.5 Å². The predicted molar refractivity (Wildman–Crippen MR) is 123 cm³/mol. The maximum atomic E-state index is 14.4. The third-order valence-electron chi connectivity index (χ3n) is 4.72. The van der Waals surface area contributed by atoms with Crippen molar-refractivity contribution < 1.29 is 22.2 Å². The van der Waals surface area contributed by atoms with Gasteiger partial charge < -0.3 is 4.90 Å². The van der Waals surface area contributed by atoms with Crippen molar-refractivity contribution in [3.05, 3.63) is 45.3 Å². The number of nitrogens with two attached hydrogens (primary N) is 1. The van der Waals surface area contributed by atoms with E-state index in [1.807, 2.05) is 32.8 Å². The average Bonchev–Trinajstić information content (AvgIpc) is 3.00. The van der Waals surface area contributed by atoms with Crippen LogP contribution in [0.4, 0.5) is 13.2 Å². The highest BCUT2D eigenvalue weighted by Gasteiger charge is 2.26. The highest BCUT2D eigenvalue weighted by atomic mass is 32.3. The first-order valence-corrected chi connectivity index (χ1v) is 12.8. The van der Waals surface area contributed by atoms with Crippen LogP contribution < -0.4 is 9.86 Å². The van der Waals surface area contributed by atoms with E-state index in [0.29, 0.717) is 28.2 Å². The Labute approximate surface area is 192 Å². The molecule has 0 spiro atoms. The summed E-state index contributed by atoms with van der Waals surface area (Å²) in [6.07, 6.45) is -2.99. The second-order valence-corrected chi connectivity index (χ2v) is 12.0. The lowest BCUT2D eigenvalue weighted by Crippen LogP contribution is -2.43. The molecule has 32 heavy (non-hydrogen) atoms. The molecule has 0 fully saturated rings. The number of alkyl halides is 2. The van der Waals surface area contributed by atoms with E-state index in [2.05, 4.69) is 9.71 Å². The van der Waals surface area contributed by atoms with Crippen LogP contribution in [-0.4, -0.2) is 34.1 Å². The van der Waals surface area contributed by atoms with Crippen molar-refractivity contribution in [3.8, 4) is 0 Å². The second-order valence-electron chi connectivity index (χ2n) is 8.58. The Morgan fingerprint density at radius 3 is 2.34 bits per heavy atom. The third-order valence-corrected chi connectivity index (χ3v) is 8.11. The fourth-order valence-electron chi connectivity index (χ4n) is 3.39. The molecular formula is C21H31F3N4O2S2. The van der Waals surface area contributed by atoms with Crippen LogP contribution in [0.5, 0.6) is 0 Å². The molecule has 2 heterocycles. The number of amides is 1. The number of aromatic nitrogens is 1. The standard InChI is InChI=1S/C21H31F3N4O2S2/c1-11(2)14-8-17(20(23)24)26-19(12(3)4)15(14)9-18(29)27-32(25,30)21-16(22)7-13(31-21)10-28(5)6/h7-8,11-12,20,32H,9-10H2,1-6H3,(H3,25,27,29,30). The molecule has 0 unspecified atom stereocenters. The van der Waals surface area contributed by atoms with Crippen molar-refractivity contribution in [1.29, 1.82) is 0 Å². The molecule has 6 nitrogen and oxygen atoms in total. The fourth-order valence-corrected chi connectivity index (χ4v) is 6.24. The summed E-state index contributed by atoms with van der Waals surface area (Å²) in [7, 11) is -0.391. The minimum atomic E-state index is -4.02. The lowest BCUT2D eigenvalue weighted by atomic mass is 9.90. The van der Waals surface area contributed by atoms with E-state index in [0.717, 1.165) is 11.3 Å². The smallest absolute Gasteiger partial charge is 0.280 e. The van der Waals surface area contributed by atoms with E-state index in [-0.39, 0.29) is 28.2 Å². The molecule has 0 saturated heterocycles. The van der Waals surface area contributed by atoms with E-state index >= 15 is 0 Å². The van der Waals surface area contributed by atoms with Gasteiger partial charge in [-0.1, -0.05) is 27.7 Å². The molecule has 0 radical (unpaired) electrons. The van der Waals surface area contributed by atoms with Gasteiger partial charge in [0.05, 0.1) is 6.42 Å². The van der Waals surface area contributed by atoms with E-state index in [9.17, 15) is 22.2 Å². The first-order valence-electron chi connectivity index (χ1n) is 10.2. The van der Waals surface area contributed by atoms with Gasteiger partial charge in [-0.15, -0.1) is 11.3 Å². The van der Waals surface area contributed by atoms with Gasteiger partial charge in [-0.3, -0.25) is 19.6 Å². The van der Waals surface area contributed by atoms with Gasteiger partial charge in [0.25, 0.3) is 6.43 Å². The average molecular weight is 493 g/mol. The zero-order valence-corrected chi connectivity index (χ0v) is 20.8. The molecule has 2 aromatic heterocycles. The minimum absolute atomic E-state index is 0.149. The van der Waals surface area contributed by atoms with Gasteiger partial charge in [0.15, 0.2) is 5.82 Å². The number of hydrogen-bond donors (Lipinski definition) is 3. The van der Waals surface area contributed by atoms with Gasteiger partial charge in [-0.2, -0.15) is 0 Å². The Balaban J connectivity index is 2.36. The van der Waals surface area contributed by atoms with Crippen molar-refractivity contribution in [1.82, 2.24) is 14.6 Å². The lowest BCUT2D eigenvalue weighted by molar-refractivity contribution is -0.118. The maximum absolute atomic E-state index is 14.4. The molecule has 11 heteroatoms. The van der Waals surface area contributed by atoms with Gasteiger partial charge in [0.1, 0.15) is 9.90 Å². The van der Waals surface area contributed by atoms with Crippen molar-refractivity contribution in [2.75, 3.05) is 14.1 Å². The number of thiophene rings is 1. The second kappa shape index (κ2) is 10.4. The van der Waals surface area contributed by atoms with Gasteiger partial charge in [-0.05, 0) is 49.2 Å². The topological polar surface area (TPSA) is 88.3 Å². The Morgan fingerprint density at radius 1 is 1.22 bits per heavy atom. The summed E-state index contributed by atoms with van der Waals surface area (Å²) in [6, 6.07) is 2.56. The van der Waals surface area contributed by atoms with Crippen molar-refractivity contribution in [3.63, 3.8) is 0 Å². The number of pyridine rings is 1. The number of carbonyl (C=O) groups is 1. The molecule has 0 aliphatic rings. The highest BCUT2D eigenvalue weighted by Crippen LogP contribution is 2.32. The quantitative estimate of drug-likeness (QED) is 0.461. The van der Waals surface area contributed by atoms with Crippen LogP contribution in [0, 0.1) is 5.82 Å². The van der Waals surface area contributed by atoms with Gasteiger partial charge in [0, 0.05) is 27.4 Å². The number of nitrogens with zero attached hydrogens (tertiary/aromatic N) is 2. The number of thiol groups is 1. The molecule has 2 rings (SSSR count). The molecule has 0 aliphatic carbocycles. The van der Waals surface area contributed by atoms with E-state index in [1.54, 1.807) is 13.8 Å². The summed E-state index contributed by atoms with van der Waals surface area (Å²) >= 11 is 0.949. The highest BCUT2D eigenvalue weighted by molar-refractivity contribution is 8.01. The van der Waals surface area contributed by atoms with E-state index in [4.69, 9.17) is 5.14 Å². The number of carbonyl (C=O) groups excluding carboxylic acids is 1. The first-order chi connectivity index (χ1) is 14.7. The first kappa shape index (κ1) is 26.4. The molecule has 0 bridgehead atoms. The minimum Gasteiger partial charge on any atom is -0.304 e. The molecule has 0 aromatic carbocycles. The molecule has 0 aliphatic heterocycles. The summed E-state index contributed by atoms with van der Waals surface area (Å²) in [5, 5.41) is 5.86. The normalized spacial score (nSPS) is 12.9. The largest absolute Gasteiger partial charge is 0.304 e. The zero-order valence-electron chi connectivity index (χ0n) is 19.1. The zero-order chi connectivity index (χ0) is 24.4. The van der Waals surface area contributed by atoms with Crippen LogP contribution in [0.2, 0.25) is 0 Å². The van der Waals surface area contributed by atoms with Crippen LogP contribution in [0.3, 0.4) is 0 Å². The summed E-state index contributed by atoms with van der Waals surface area (Å²) in [4.78, 5) is 19.3. The predicted octanol–water partition coefficient (Wildman–Crippen LogP) is 4.05. The Bertz CT molecular complexity index is 993. The summed E-state index contributed by atoms with van der Waals surface area (Å²) in [5.41, 5.74) is 1.10. The Morgan fingerprint density at radius 2 is 1.84 bits per heavy atom. The summed E-state index contributed by atoms with van der Waals surface area (Å²) in [5.74, 6) is -1.79. The van der Waals surface area contributed by atoms with Crippen LogP contribution in [-0.2, 0) is 28.1 Å². The molecule has 0 saturated carbocycles. The monoisotopic (exact) mass is 492 g/mol. The number of nitrogens with one attached hydrogen (secondary N) is 1. The summed E-state index contributed by atoms with van der Waals surface area (Å²) in [6.45, 7) is 7.69. The van der Waals surface area contributed by atoms with Crippen LogP contribution in [0.25, 0.3) is 0 Å². The molecule has 0 atom stereocenters. The number of hydrogen-bond acceptors (Lipinski definition) is 5. The van der Waals surface area contributed by atoms with Gasteiger partial charge in [-0.25, -0.2) is 17.4 Å².